The van der Waals surface area contributed by atoms with E-state index in [0.29, 0.717) is 12.3 Å². The van der Waals surface area contributed by atoms with Gasteiger partial charge in [0.15, 0.2) is 6.29 Å². The Kier molecular flexibility index (Phi) is 3.73. The lowest BCUT2D eigenvalue weighted by molar-refractivity contribution is 0.111. The van der Waals surface area contributed by atoms with Crippen LogP contribution in [0.15, 0.2) is 48.5 Å². The van der Waals surface area contributed by atoms with Gasteiger partial charge in [-0.25, -0.2) is 0 Å². The molecule has 0 aliphatic rings. The second kappa shape index (κ2) is 5.66. The average Bonchev–Trinajstić information content (AvgIpc) is 2.82. The molecule has 0 aliphatic carbocycles. The first-order valence-corrected chi connectivity index (χ1v) is 7.29. The minimum Gasteiger partial charge on any atom is -0.489 e. The molecular weight excluding hydrogens is 365 g/mol. The predicted octanol–water partition coefficient (Wildman–Crippen LogP) is 4.16. The van der Waals surface area contributed by atoms with Crippen LogP contribution in [0.25, 0.3) is 10.9 Å². The fraction of sp³-hybridized carbons (Fsp3) is 0.0625. The zero-order valence-electron chi connectivity index (χ0n) is 10.6. The zero-order chi connectivity index (χ0) is 13.9. The molecule has 0 amide bonds. The number of rotatable bonds is 4. The minimum atomic E-state index is 0.536. The number of ether oxygens (including phenoxy) is 1. The van der Waals surface area contributed by atoms with Gasteiger partial charge in [0.05, 0.1) is 5.69 Å². The van der Waals surface area contributed by atoms with Crippen molar-refractivity contribution in [1.82, 2.24) is 4.98 Å². The van der Waals surface area contributed by atoms with E-state index in [1.165, 1.54) is 0 Å². The molecule has 0 bridgehead atoms. The summed E-state index contributed by atoms with van der Waals surface area (Å²) in [7, 11) is 0. The molecule has 0 atom stereocenters. The van der Waals surface area contributed by atoms with E-state index in [4.69, 9.17) is 4.74 Å². The third kappa shape index (κ3) is 2.56. The van der Waals surface area contributed by atoms with E-state index in [1.807, 2.05) is 48.5 Å². The van der Waals surface area contributed by atoms with Crippen LogP contribution in [0.5, 0.6) is 5.75 Å². The monoisotopic (exact) mass is 377 g/mol. The lowest BCUT2D eigenvalue weighted by atomic mass is 10.2. The molecule has 0 aliphatic heterocycles. The molecule has 0 saturated carbocycles. The van der Waals surface area contributed by atoms with Crippen LogP contribution in [0.4, 0.5) is 0 Å². The SMILES string of the molecule is O=Cc1[nH]c2ccc(OCc3ccccc3)cc2c1I. The maximum absolute atomic E-state index is 10.9. The number of fused-ring (bicyclic) bond motifs is 1. The van der Waals surface area contributed by atoms with E-state index in [2.05, 4.69) is 27.6 Å². The second-order valence-electron chi connectivity index (χ2n) is 4.45. The highest BCUT2D eigenvalue weighted by Crippen LogP contribution is 2.27. The number of aromatic amines is 1. The molecular formula is C16H12INO2. The quantitative estimate of drug-likeness (QED) is 0.548. The summed E-state index contributed by atoms with van der Waals surface area (Å²) in [6.45, 7) is 0.536. The van der Waals surface area contributed by atoms with E-state index in [9.17, 15) is 4.79 Å². The fourth-order valence-electron chi connectivity index (χ4n) is 2.07. The van der Waals surface area contributed by atoms with E-state index >= 15 is 0 Å². The maximum atomic E-state index is 10.9. The van der Waals surface area contributed by atoms with Gasteiger partial charge in [-0.2, -0.15) is 0 Å². The minimum absolute atomic E-state index is 0.536. The first-order chi connectivity index (χ1) is 9.78. The van der Waals surface area contributed by atoms with Crippen molar-refractivity contribution in [3.05, 3.63) is 63.4 Å². The number of halogens is 1. The van der Waals surface area contributed by atoms with Gasteiger partial charge in [-0.3, -0.25) is 4.79 Å². The van der Waals surface area contributed by atoms with E-state index < -0.39 is 0 Å². The van der Waals surface area contributed by atoms with Crippen molar-refractivity contribution >= 4 is 39.8 Å². The number of nitrogens with one attached hydrogen (secondary N) is 1. The van der Waals surface area contributed by atoms with Gasteiger partial charge in [-0.1, -0.05) is 30.3 Å². The molecule has 0 spiro atoms. The highest BCUT2D eigenvalue weighted by Gasteiger charge is 2.09. The van der Waals surface area contributed by atoms with Crippen LogP contribution >= 0.6 is 22.6 Å². The standard InChI is InChI=1S/C16H12INO2/c17-16-13-8-12(6-7-14(13)18-15(16)9-19)20-10-11-4-2-1-3-5-11/h1-9,18H,10H2. The molecule has 0 unspecified atom stereocenters. The van der Waals surface area contributed by atoms with Crippen LogP contribution in [0.1, 0.15) is 16.1 Å². The van der Waals surface area contributed by atoms with Crippen molar-refractivity contribution in [2.75, 3.05) is 0 Å². The summed E-state index contributed by atoms with van der Waals surface area (Å²) in [5.41, 5.74) is 2.69. The summed E-state index contributed by atoms with van der Waals surface area (Å²) in [6, 6.07) is 15.8. The van der Waals surface area contributed by atoms with Gasteiger partial charge in [0, 0.05) is 14.5 Å². The van der Waals surface area contributed by atoms with E-state index in [1.54, 1.807) is 0 Å². The number of H-pyrrole nitrogens is 1. The molecule has 1 N–H and O–H groups in total. The third-order valence-electron chi connectivity index (χ3n) is 3.10. The normalized spacial score (nSPS) is 10.7. The first-order valence-electron chi connectivity index (χ1n) is 6.21. The van der Waals surface area contributed by atoms with Gasteiger partial charge < -0.3 is 9.72 Å². The fourth-order valence-corrected chi connectivity index (χ4v) is 2.78. The van der Waals surface area contributed by atoms with E-state index in [-0.39, 0.29) is 0 Å². The van der Waals surface area contributed by atoms with Crippen LogP contribution in [-0.4, -0.2) is 11.3 Å². The Labute approximate surface area is 130 Å². The Morgan fingerprint density at radius 3 is 2.70 bits per heavy atom. The first kappa shape index (κ1) is 13.2. The number of aldehydes is 1. The molecule has 0 radical (unpaired) electrons. The molecule has 20 heavy (non-hydrogen) atoms. The Hall–Kier alpha value is -1.82. The highest BCUT2D eigenvalue weighted by molar-refractivity contribution is 14.1. The van der Waals surface area contributed by atoms with Gasteiger partial charge in [0.25, 0.3) is 0 Å². The lowest BCUT2D eigenvalue weighted by Gasteiger charge is -2.06. The summed E-state index contributed by atoms with van der Waals surface area (Å²) in [4.78, 5) is 14.0. The molecule has 3 rings (SSSR count). The molecule has 4 heteroatoms. The zero-order valence-corrected chi connectivity index (χ0v) is 12.8. The third-order valence-corrected chi connectivity index (χ3v) is 4.26. The van der Waals surface area contributed by atoms with Crippen molar-refractivity contribution in [1.29, 1.82) is 0 Å². The smallest absolute Gasteiger partial charge is 0.167 e. The molecule has 0 fully saturated rings. The summed E-state index contributed by atoms with van der Waals surface area (Å²) in [6.07, 6.45) is 0.840. The predicted molar refractivity (Wildman–Crippen MR) is 87.2 cm³/mol. The number of carbonyl (C=O) groups is 1. The molecule has 3 aromatic rings. The van der Waals surface area contributed by atoms with Gasteiger partial charge in [-0.15, -0.1) is 0 Å². The van der Waals surface area contributed by atoms with Crippen molar-refractivity contribution < 1.29 is 9.53 Å². The summed E-state index contributed by atoms with van der Waals surface area (Å²) in [5.74, 6) is 0.802. The largest absolute Gasteiger partial charge is 0.489 e. The summed E-state index contributed by atoms with van der Waals surface area (Å²) in [5, 5.41) is 1.01. The Morgan fingerprint density at radius 2 is 1.95 bits per heavy atom. The second-order valence-corrected chi connectivity index (χ2v) is 5.53. The van der Waals surface area contributed by atoms with Gasteiger partial charge in [0.2, 0.25) is 0 Å². The number of hydrogen-bond donors (Lipinski definition) is 1. The Balaban J connectivity index is 1.85. The molecule has 1 aromatic heterocycles. The lowest BCUT2D eigenvalue weighted by Crippen LogP contribution is -1.94. The van der Waals surface area contributed by atoms with E-state index in [0.717, 1.165) is 32.1 Å². The molecule has 3 nitrogen and oxygen atoms in total. The van der Waals surface area contributed by atoms with Crippen molar-refractivity contribution in [3.8, 4) is 5.75 Å². The number of aromatic nitrogens is 1. The van der Waals surface area contributed by atoms with Crippen molar-refractivity contribution in [2.45, 2.75) is 6.61 Å². The van der Waals surface area contributed by atoms with Crippen LogP contribution in [-0.2, 0) is 6.61 Å². The maximum Gasteiger partial charge on any atom is 0.167 e. The number of hydrogen-bond acceptors (Lipinski definition) is 2. The molecule has 2 aromatic carbocycles. The van der Waals surface area contributed by atoms with Crippen molar-refractivity contribution in [2.24, 2.45) is 0 Å². The van der Waals surface area contributed by atoms with Crippen molar-refractivity contribution in [3.63, 3.8) is 0 Å². The number of benzene rings is 2. The Morgan fingerprint density at radius 1 is 1.15 bits per heavy atom. The van der Waals surface area contributed by atoms with Gasteiger partial charge in [-0.05, 0) is 46.4 Å². The van der Waals surface area contributed by atoms with Crippen LogP contribution in [0, 0.1) is 3.57 Å². The number of carbonyl (C=O) groups excluding carboxylic acids is 1. The van der Waals surface area contributed by atoms with Gasteiger partial charge >= 0.3 is 0 Å². The summed E-state index contributed by atoms with van der Waals surface area (Å²) >= 11 is 2.17. The van der Waals surface area contributed by atoms with Crippen LogP contribution in [0.2, 0.25) is 0 Å². The Bertz CT molecular complexity index is 750. The molecule has 1 heterocycles. The topological polar surface area (TPSA) is 42.1 Å². The van der Waals surface area contributed by atoms with Gasteiger partial charge in [0.1, 0.15) is 12.4 Å². The highest BCUT2D eigenvalue weighted by atomic mass is 127. The molecule has 100 valence electrons. The summed E-state index contributed by atoms with van der Waals surface area (Å²) < 4.78 is 6.72. The molecule has 0 saturated heterocycles. The average molecular weight is 377 g/mol. The van der Waals surface area contributed by atoms with Crippen LogP contribution < -0.4 is 4.74 Å². The van der Waals surface area contributed by atoms with Crippen LogP contribution in [0.3, 0.4) is 0 Å².